The molecule has 2 heteroatoms. The molecule has 0 radical (unpaired) electrons. The average molecular weight is 133 g/mol. The molecule has 0 fully saturated rings. The highest BCUT2D eigenvalue weighted by molar-refractivity contribution is 5.76. The summed E-state index contributed by atoms with van der Waals surface area (Å²) >= 11 is 0. The summed E-state index contributed by atoms with van der Waals surface area (Å²) in [6.45, 7) is 1.74. The Labute approximate surface area is 59.3 Å². The number of carbonyl (C=O) groups excluding carboxylic acids is 1. The van der Waals surface area contributed by atoms with Gasteiger partial charge < -0.3 is 4.98 Å². The largest absolute Gasteiger partial charge is 0.358 e. The maximum atomic E-state index is 10.3. The van der Waals surface area contributed by atoms with Gasteiger partial charge >= 0.3 is 0 Å². The Hall–Kier alpha value is -1.49. The number of carbonyl (C=O) groups is 1. The molecule has 0 amide bonds. The fourth-order valence-corrected chi connectivity index (χ4v) is 0.723. The molecule has 0 unspecified atom stereocenters. The maximum absolute atomic E-state index is 10.3. The van der Waals surface area contributed by atoms with Crippen LogP contribution in [0.15, 0.2) is 12.3 Å². The SMILES string of the molecule is CC#Cc1cc[nH]c1C=O. The molecule has 0 bridgehead atoms. The molecule has 1 aromatic heterocycles. The predicted octanol–water partition coefficient (Wildman–Crippen LogP) is 1.20. The van der Waals surface area contributed by atoms with E-state index in [4.69, 9.17) is 0 Å². The number of H-pyrrole nitrogens is 1. The molecule has 1 aromatic rings. The van der Waals surface area contributed by atoms with E-state index in [2.05, 4.69) is 16.8 Å². The zero-order valence-corrected chi connectivity index (χ0v) is 5.64. The second-order valence-electron chi connectivity index (χ2n) is 1.80. The Morgan fingerprint density at radius 1 is 1.70 bits per heavy atom. The molecule has 2 nitrogen and oxygen atoms in total. The molecule has 0 aliphatic rings. The Kier molecular flexibility index (Phi) is 1.91. The van der Waals surface area contributed by atoms with E-state index in [1.807, 2.05) is 0 Å². The van der Waals surface area contributed by atoms with Crippen molar-refractivity contribution in [2.45, 2.75) is 6.92 Å². The number of aromatic nitrogens is 1. The Balaban J connectivity index is 3.09. The molecule has 0 saturated heterocycles. The predicted molar refractivity (Wildman–Crippen MR) is 38.7 cm³/mol. The van der Waals surface area contributed by atoms with Gasteiger partial charge in [0.2, 0.25) is 0 Å². The van der Waals surface area contributed by atoms with Crippen molar-refractivity contribution >= 4 is 6.29 Å². The fraction of sp³-hybridized carbons (Fsp3) is 0.125. The van der Waals surface area contributed by atoms with E-state index < -0.39 is 0 Å². The van der Waals surface area contributed by atoms with Crippen molar-refractivity contribution in [3.63, 3.8) is 0 Å². The van der Waals surface area contributed by atoms with Crippen LogP contribution in [0.2, 0.25) is 0 Å². The number of aldehydes is 1. The van der Waals surface area contributed by atoms with E-state index in [0.29, 0.717) is 5.69 Å². The Bertz CT molecular complexity index is 288. The second-order valence-corrected chi connectivity index (χ2v) is 1.80. The zero-order valence-electron chi connectivity index (χ0n) is 5.64. The van der Waals surface area contributed by atoms with Gasteiger partial charge in [0.15, 0.2) is 6.29 Å². The summed E-state index contributed by atoms with van der Waals surface area (Å²) in [4.78, 5) is 13.0. The van der Waals surface area contributed by atoms with Gasteiger partial charge in [-0.3, -0.25) is 4.79 Å². The van der Waals surface area contributed by atoms with Crippen molar-refractivity contribution < 1.29 is 4.79 Å². The first-order chi connectivity index (χ1) is 4.88. The smallest absolute Gasteiger partial charge is 0.167 e. The molecule has 0 aliphatic carbocycles. The van der Waals surface area contributed by atoms with Crippen molar-refractivity contribution in [3.05, 3.63) is 23.5 Å². The minimum atomic E-state index is 0.550. The van der Waals surface area contributed by atoms with Crippen molar-refractivity contribution in [1.82, 2.24) is 4.98 Å². The van der Waals surface area contributed by atoms with Crippen LogP contribution in [0, 0.1) is 11.8 Å². The number of nitrogens with one attached hydrogen (secondary N) is 1. The quantitative estimate of drug-likeness (QED) is 0.453. The highest BCUT2D eigenvalue weighted by Crippen LogP contribution is 2.00. The molecule has 1 rings (SSSR count). The number of hydrogen-bond donors (Lipinski definition) is 1. The molecule has 0 atom stereocenters. The van der Waals surface area contributed by atoms with E-state index in [0.717, 1.165) is 11.8 Å². The average Bonchev–Trinajstić information content (AvgIpc) is 2.36. The topological polar surface area (TPSA) is 32.9 Å². The van der Waals surface area contributed by atoms with Gasteiger partial charge in [0, 0.05) is 6.20 Å². The Morgan fingerprint density at radius 2 is 2.50 bits per heavy atom. The monoisotopic (exact) mass is 133 g/mol. The molecule has 50 valence electrons. The summed E-state index contributed by atoms with van der Waals surface area (Å²) < 4.78 is 0. The van der Waals surface area contributed by atoms with E-state index in [-0.39, 0.29) is 0 Å². The molecule has 0 spiro atoms. The standard InChI is InChI=1S/C8H7NO/c1-2-3-7-4-5-9-8(7)6-10/h4-6,9H,1H3. The van der Waals surface area contributed by atoms with Crippen LogP contribution in [0.3, 0.4) is 0 Å². The first-order valence-corrected chi connectivity index (χ1v) is 2.94. The molecule has 1 heterocycles. The van der Waals surface area contributed by atoms with Crippen LogP contribution in [-0.2, 0) is 0 Å². The van der Waals surface area contributed by atoms with Gasteiger partial charge in [0.05, 0.1) is 11.3 Å². The summed E-state index contributed by atoms with van der Waals surface area (Å²) in [5.74, 6) is 5.51. The summed E-state index contributed by atoms with van der Waals surface area (Å²) in [5.41, 5.74) is 1.31. The lowest BCUT2D eigenvalue weighted by Gasteiger charge is -1.81. The zero-order chi connectivity index (χ0) is 7.40. The second kappa shape index (κ2) is 2.88. The molecule has 0 aliphatic heterocycles. The number of aromatic amines is 1. The highest BCUT2D eigenvalue weighted by Gasteiger charge is 1.95. The lowest BCUT2D eigenvalue weighted by Crippen LogP contribution is -1.81. The number of rotatable bonds is 1. The lowest BCUT2D eigenvalue weighted by atomic mass is 10.2. The highest BCUT2D eigenvalue weighted by atomic mass is 16.1. The van der Waals surface area contributed by atoms with Crippen LogP contribution >= 0.6 is 0 Å². The minimum absolute atomic E-state index is 0.550. The van der Waals surface area contributed by atoms with Crippen molar-refractivity contribution in [1.29, 1.82) is 0 Å². The molecule has 0 saturated carbocycles. The fourth-order valence-electron chi connectivity index (χ4n) is 0.723. The van der Waals surface area contributed by atoms with Crippen molar-refractivity contribution in [2.75, 3.05) is 0 Å². The van der Waals surface area contributed by atoms with Gasteiger partial charge in [0.25, 0.3) is 0 Å². The van der Waals surface area contributed by atoms with Crippen LogP contribution in [-0.4, -0.2) is 11.3 Å². The van der Waals surface area contributed by atoms with Crippen LogP contribution in [0.4, 0.5) is 0 Å². The summed E-state index contributed by atoms with van der Waals surface area (Å²) in [5, 5.41) is 0. The maximum Gasteiger partial charge on any atom is 0.167 e. The van der Waals surface area contributed by atoms with Gasteiger partial charge in [-0.15, -0.1) is 5.92 Å². The minimum Gasteiger partial charge on any atom is -0.358 e. The van der Waals surface area contributed by atoms with Gasteiger partial charge in [-0.1, -0.05) is 5.92 Å². The van der Waals surface area contributed by atoms with Gasteiger partial charge in [-0.25, -0.2) is 0 Å². The van der Waals surface area contributed by atoms with Gasteiger partial charge in [-0.2, -0.15) is 0 Å². The molecule has 0 aromatic carbocycles. The molecular formula is C8H7NO. The van der Waals surface area contributed by atoms with Crippen LogP contribution in [0.1, 0.15) is 23.0 Å². The van der Waals surface area contributed by atoms with Crippen LogP contribution < -0.4 is 0 Å². The third-order valence-electron chi connectivity index (χ3n) is 1.16. The third kappa shape index (κ3) is 1.08. The van der Waals surface area contributed by atoms with E-state index in [1.54, 1.807) is 19.2 Å². The lowest BCUT2D eigenvalue weighted by molar-refractivity contribution is 0.111. The summed E-state index contributed by atoms with van der Waals surface area (Å²) in [6.07, 6.45) is 2.46. The summed E-state index contributed by atoms with van der Waals surface area (Å²) in [7, 11) is 0. The van der Waals surface area contributed by atoms with Crippen molar-refractivity contribution in [3.8, 4) is 11.8 Å². The first kappa shape index (κ1) is 6.63. The first-order valence-electron chi connectivity index (χ1n) is 2.94. The van der Waals surface area contributed by atoms with E-state index in [1.165, 1.54) is 0 Å². The molecule has 1 N–H and O–H groups in total. The summed E-state index contributed by atoms with van der Waals surface area (Å²) in [6, 6.07) is 1.78. The number of hydrogen-bond acceptors (Lipinski definition) is 1. The van der Waals surface area contributed by atoms with E-state index >= 15 is 0 Å². The van der Waals surface area contributed by atoms with Gasteiger partial charge in [0.1, 0.15) is 0 Å². The van der Waals surface area contributed by atoms with Gasteiger partial charge in [-0.05, 0) is 13.0 Å². The van der Waals surface area contributed by atoms with E-state index in [9.17, 15) is 4.79 Å². The third-order valence-corrected chi connectivity index (χ3v) is 1.16. The molecular weight excluding hydrogens is 126 g/mol. The Morgan fingerprint density at radius 3 is 3.10 bits per heavy atom. The van der Waals surface area contributed by atoms with Crippen LogP contribution in [0.25, 0.3) is 0 Å². The van der Waals surface area contributed by atoms with Crippen molar-refractivity contribution in [2.24, 2.45) is 0 Å². The normalized spacial score (nSPS) is 8.10. The van der Waals surface area contributed by atoms with Crippen LogP contribution in [0.5, 0.6) is 0 Å². The molecule has 10 heavy (non-hydrogen) atoms.